The van der Waals surface area contributed by atoms with E-state index in [9.17, 15) is 0 Å². The van der Waals surface area contributed by atoms with Crippen molar-refractivity contribution in [3.63, 3.8) is 0 Å². The normalized spacial score (nSPS) is 45.8. The van der Waals surface area contributed by atoms with E-state index in [4.69, 9.17) is 4.74 Å². The van der Waals surface area contributed by atoms with E-state index in [-0.39, 0.29) is 0 Å². The fourth-order valence-corrected chi connectivity index (χ4v) is 4.83. The summed E-state index contributed by atoms with van der Waals surface area (Å²) in [5.74, 6) is 4.17. The summed E-state index contributed by atoms with van der Waals surface area (Å²) in [5.41, 5.74) is 1.62. The van der Waals surface area contributed by atoms with Crippen molar-refractivity contribution in [1.82, 2.24) is 0 Å². The molecule has 0 aromatic carbocycles. The zero-order valence-electron chi connectivity index (χ0n) is 13.1. The Bertz CT molecular complexity index is 349. The molecule has 2 saturated heterocycles. The average molecular weight is 262 g/mol. The third kappa shape index (κ3) is 2.63. The van der Waals surface area contributed by atoms with Gasteiger partial charge in [-0.2, -0.15) is 0 Å². The molecule has 0 spiro atoms. The molecule has 4 rings (SSSR count). The van der Waals surface area contributed by atoms with Crippen LogP contribution in [0.1, 0.15) is 59.8 Å². The minimum absolute atomic E-state index is 0.581. The molecule has 108 valence electrons. The lowest BCUT2D eigenvalue weighted by atomic mass is 9.60. The van der Waals surface area contributed by atoms with Gasteiger partial charge in [-0.3, -0.25) is 0 Å². The summed E-state index contributed by atoms with van der Waals surface area (Å²) >= 11 is 0. The largest absolute Gasteiger partial charge is 0.374 e. The standard InChI is InChI=1S/C18H30O/c1-11(2)7-14-9-15-10-17(19-15)18(14)16-8-12(3)5-6-13(16)4/h8,11,13-18H,5-7,9-10H2,1-4H3. The van der Waals surface area contributed by atoms with Crippen molar-refractivity contribution in [2.45, 2.75) is 72.0 Å². The molecule has 6 unspecified atom stereocenters. The number of rotatable bonds is 3. The van der Waals surface area contributed by atoms with Gasteiger partial charge in [0.2, 0.25) is 0 Å². The minimum Gasteiger partial charge on any atom is -0.374 e. The van der Waals surface area contributed by atoms with Crippen LogP contribution in [-0.2, 0) is 4.74 Å². The molecule has 0 aromatic rings. The number of fused-ring (bicyclic) bond motifs is 2. The molecule has 2 aliphatic heterocycles. The summed E-state index contributed by atoms with van der Waals surface area (Å²) in [6.07, 6.45) is 10.6. The average Bonchev–Trinajstić information content (AvgIpc) is 2.30. The first-order valence-electron chi connectivity index (χ1n) is 8.37. The third-order valence-corrected chi connectivity index (χ3v) is 5.75. The van der Waals surface area contributed by atoms with E-state index in [0.29, 0.717) is 12.2 Å². The minimum atomic E-state index is 0.581. The molecular formula is C18H30O. The number of hydrogen-bond donors (Lipinski definition) is 0. The maximum absolute atomic E-state index is 6.11. The third-order valence-electron chi connectivity index (χ3n) is 5.75. The van der Waals surface area contributed by atoms with Gasteiger partial charge in [-0.05, 0) is 62.2 Å². The Labute approximate surface area is 118 Å². The van der Waals surface area contributed by atoms with Gasteiger partial charge >= 0.3 is 0 Å². The van der Waals surface area contributed by atoms with E-state index in [1.165, 1.54) is 32.1 Å². The predicted octanol–water partition coefficient (Wildman–Crippen LogP) is 4.82. The fourth-order valence-electron chi connectivity index (χ4n) is 4.83. The van der Waals surface area contributed by atoms with Gasteiger partial charge in [0.15, 0.2) is 0 Å². The smallest absolute Gasteiger partial charge is 0.0640 e. The summed E-state index contributed by atoms with van der Waals surface area (Å²) in [4.78, 5) is 0. The summed E-state index contributed by atoms with van der Waals surface area (Å²) in [6, 6.07) is 0. The van der Waals surface area contributed by atoms with Gasteiger partial charge < -0.3 is 4.74 Å². The van der Waals surface area contributed by atoms with Crippen LogP contribution < -0.4 is 0 Å². The first kappa shape index (κ1) is 13.7. The van der Waals surface area contributed by atoms with Gasteiger partial charge in [0.1, 0.15) is 0 Å². The highest BCUT2D eigenvalue weighted by Crippen LogP contribution is 2.51. The van der Waals surface area contributed by atoms with Crippen LogP contribution in [0.15, 0.2) is 11.6 Å². The van der Waals surface area contributed by atoms with Crippen molar-refractivity contribution in [2.24, 2.45) is 29.6 Å². The molecule has 0 aromatic heterocycles. The second kappa shape index (κ2) is 5.24. The van der Waals surface area contributed by atoms with E-state index in [1.54, 1.807) is 5.57 Å². The Balaban J connectivity index is 1.80. The molecule has 1 nitrogen and oxygen atoms in total. The molecule has 2 heterocycles. The van der Waals surface area contributed by atoms with Gasteiger partial charge in [0, 0.05) is 6.42 Å². The van der Waals surface area contributed by atoms with Gasteiger partial charge in [0.25, 0.3) is 0 Å². The molecule has 0 N–H and O–H groups in total. The van der Waals surface area contributed by atoms with Gasteiger partial charge in [-0.1, -0.05) is 32.4 Å². The van der Waals surface area contributed by atoms with Gasteiger partial charge in [0.05, 0.1) is 12.2 Å². The maximum atomic E-state index is 6.11. The first-order chi connectivity index (χ1) is 9.04. The van der Waals surface area contributed by atoms with Crippen molar-refractivity contribution >= 4 is 0 Å². The molecule has 4 aliphatic rings. The van der Waals surface area contributed by atoms with Gasteiger partial charge in [-0.25, -0.2) is 0 Å². The summed E-state index contributed by atoms with van der Waals surface area (Å²) in [7, 11) is 0. The van der Waals surface area contributed by atoms with Crippen LogP contribution in [-0.4, -0.2) is 12.2 Å². The van der Waals surface area contributed by atoms with Crippen molar-refractivity contribution in [2.75, 3.05) is 0 Å². The molecule has 3 fully saturated rings. The summed E-state index contributed by atoms with van der Waals surface area (Å²) < 4.78 is 6.11. The molecule has 0 amide bonds. The first-order valence-corrected chi connectivity index (χ1v) is 8.37. The number of ether oxygens (including phenoxy) is 1. The zero-order valence-corrected chi connectivity index (χ0v) is 13.1. The molecule has 0 radical (unpaired) electrons. The Morgan fingerprint density at radius 1 is 1.32 bits per heavy atom. The summed E-state index contributed by atoms with van der Waals surface area (Å²) in [5, 5.41) is 0. The van der Waals surface area contributed by atoms with Crippen LogP contribution in [0.2, 0.25) is 0 Å². The fraction of sp³-hybridized carbons (Fsp3) is 0.889. The van der Waals surface area contributed by atoms with E-state index in [1.807, 2.05) is 0 Å². The monoisotopic (exact) mass is 262 g/mol. The van der Waals surface area contributed by atoms with Crippen LogP contribution >= 0.6 is 0 Å². The molecule has 19 heavy (non-hydrogen) atoms. The number of hydrogen-bond acceptors (Lipinski definition) is 1. The van der Waals surface area contributed by atoms with Gasteiger partial charge in [-0.15, -0.1) is 0 Å². The van der Waals surface area contributed by atoms with E-state index in [0.717, 1.165) is 29.6 Å². The molecule has 2 bridgehead atoms. The van der Waals surface area contributed by atoms with Crippen molar-refractivity contribution < 1.29 is 4.74 Å². The SMILES string of the molecule is CC1=CC(C2C(CC(C)C)CC3CC2O3)C(C)CC1. The quantitative estimate of drug-likeness (QED) is 0.663. The lowest BCUT2D eigenvalue weighted by Crippen LogP contribution is -2.55. The topological polar surface area (TPSA) is 9.23 Å². The Hall–Kier alpha value is -0.300. The lowest BCUT2D eigenvalue weighted by molar-refractivity contribution is -0.219. The Morgan fingerprint density at radius 2 is 2.05 bits per heavy atom. The Morgan fingerprint density at radius 3 is 2.74 bits per heavy atom. The number of allylic oxidation sites excluding steroid dienone is 2. The van der Waals surface area contributed by atoms with Crippen LogP contribution in [0.5, 0.6) is 0 Å². The highest BCUT2D eigenvalue weighted by molar-refractivity contribution is 5.11. The van der Waals surface area contributed by atoms with Crippen LogP contribution in [0.4, 0.5) is 0 Å². The Kier molecular flexibility index (Phi) is 3.77. The maximum Gasteiger partial charge on any atom is 0.0640 e. The second-order valence-electron chi connectivity index (χ2n) is 7.84. The molecule has 1 heteroatoms. The van der Waals surface area contributed by atoms with Crippen molar-refractivity contribution in [3.05, 3.63) is 11.6 Å². The molecule has 2 aliphatic carbocycles. The highest BCUT2D eigenvalue weighted by Gasteiger charge is 2.50. The second-order valence-corrected chi connectivity index (χ2v) is 7.84. The van der Waals surface area contributed by atoms with Crippen LogP contribution in [0, 0.1) is 29.6 Å². The van der Waals surface area contributed by atoms with E-state index >= 15 is 0 Å². The highest BCUT2D eigenvalue weighted by atomic mass is 16.5. The van der Waals surface area contributed by atoms with E-state index in [2.05, 4.69) is 33.8 Å². The summed E-state index contributed by atoms with van der Waals surface area (Å²) in [6.45, 7) is 9.54. The molecule has 1 saturated carbocycles. The van der Waals surface area contributed by atoms with Crippen LogP contribution in [0.3, 0.4) is 0 Å². The predicted molar refractivity (Wildman–Crippen MR) is 80.0 cm³/mol. The van der Waals surface area contributed by atoms with Crippen LogP contribution in [0.25, 0.3) is 0 Å². The lowest BCUT2D eigenvalue weighted by Gasteiger charge is -2.55. The zero-order chi connectivity index (χ0) is 13.6. The van der Waals surface area contributed by atoms with Crippen molar-refractivity contribution in [3.8, 4) is 0 Å². The van der Waals surface area contributed by atoms with Crippen molar-refractivity contribution in [1.29, 1.82) is 0 Å². The molecular weight excluding hydrogens is 232 g/mol. The van der Waals surface area contributed by atoms with E-state index < -0.39 is 0 Å². The molecule has 6 atom stereocenters.